The van der Waals surface area contributed by atoms with Gasteiger partial charge in [-0.3, -0.25) is 4.79 Å². The number of alkyl halides is 3. The first kappa shape index (κ1) is 18.2. The van der Waals surface area contributed by atoms with Crippen molar-refractivity contribution in [2.45, 2.75) is 11.3 Å². The number of H-pyrrole nitrogens is 1. The van der Waals surface area contributed by atoms with E-state index < -0.39 is 11.7 Å². The van der Waals surface area contributed by atoms with Crippen LogP contribution in [0.1, 0.15) is 5.56 Å². The Labute approximate surface area is 160 Å². The van der Waals surface area contributed by atoms with Crippen LogP contribution in [0.15, 0.2) is 53.7 Å². The van der Waals surface area contributed by atoms with Gasteiger partial charge in [0.1, 0.15) is 5.52 Å². The SMILES string of the molecule is O=C(CSc1nnc2c(n1)[nH]c1ccccc12)Nc1ccc(C(F)(F)F)cc1. The maximum atomic E-state index is 12.6. The normalized spacial score (nSPS) is 11.8. The molecule has 10 heteroatoms. The van der Waals surface area contributed by atoms with Gasteiger partial charge in [-0.2, -0.15) is 13.2 Å². The van der Waals surface area contributed by atoms with E-state index >= 15 is 0 Å². The maximum Gasteiger partial charge on any atom is 0.416 e. The van der Waals surface area contributed by atoms with E-state index in [-0.39, 0.29) is 17.3 Å². The van der Waals surface area contributed by atoms with Gasteiger partial charge >= 0.3 is 6.18 Å². The molecule has 0 radical (unpaired) electrons. The number of thioether (sulfide) groups is 1. The molecule has 2 heterocycles. The number of nitrogens with zero attached hydrogens (tertiary/aromatic N) is 3. The van der Waals surface area contributed by atoms with Gasteiger partial charge in [0.2, 0.25) is 11.1 Å². The average molecular weight is 403 g/mol. The first-order chi connectivity index (χ1) is 13.4. The number of halogens is 3. The molecule has 4 rings (SSSR count). The van der Waals surface area contributed by atoms with Gasteiger partial charge in [-0.1, -0.05) is 30.0 Å². The summed E-state index contributed by atoms with van der Waals surface area (Å²) in [5, 5.41) is 12.0. The van der Waals surface area contributed by atoms with E-state index in [4.69, 9.17) is 0 Å². The van der Waals surface area contributed by atoms with Crippen molar-refractivity contribution in [1.29, 1.82) is 0 Å². The standard InChI is InChI=1S/C18H12F3N5OS/c19-18(20,21)10-5-7-11(8-6-10)22-14(27)9-28-17-24-16-15(25-26-17)12-3-1-2-4-13(12)23-16/h1-8H,9H2,(H,22,27)(H,23,24,26). The van der Waals surface area contributed by atoms with Crippen LogP contribution in [0, 0.1) is 0 Å². The van der Waals surface area contributed by atoms with Crippen LogP contribution < -0.4 is 5.32 Å². The number of benzene rings is 2. The van der Waals surface area contributed by atoms with Crippen molar-refractivity contribution in [1.82, 2.24) is 20.2 Å². The van der Waals surface area contributed by atoms with Crippen molar-refractivity contribution >= 4 is 45.4 Å². The number of fused-ring (bicyclic) bond motifs is 3. The lowest BCUT2D eigenvalue weighted by Crippen LogP contribution is -2.14. The van der Waals surface area contributed by atoms with E-state index in [1.807, 2.05) is 24.3 Å². The summed E-state index contributed by atoms with van der Waals surface area (Å²) in [6, 6.07) is 11.9. The number of rotatable bonds is 4. The molecule has 2 aromatic heterocycles. The number of aromatic amines is 1. The highest BCUT2D eigenvalue weighted by Crippen LogP contribution is 2.30. The maximum absolute atomic E-state index is 12.6. The van der Waals surface area contributed by atoms with Crippen LogP contribution in [0.3, 0.4) is 0 Å². The third-order valence-electron chi connectivity index (χ3n) is 3.93. The third kappa shape index (κ3) is 3.77. The molecule has 2 N–H and O–H groups in total. The van der Waals surface area contributed by atoms with Gasteiger partial charge in [0.25, 0.3) is 0 Å². The Morgan fingerprint density at radius 2 is 1.82 bits per heavy atom. The molecule has 0 aliphatic heterocycles. The predicted molar refractivity (Wildman–Crippen MR) is 100.0 cm³/mol. The molecule has 0 aliphatic carbocycles. The minimum atomic E-state index is -4.41. The summed E-state index contributed by atoms with van der Waals surface area (Å²) in [5.74, 6) is -0.390. The monoisotopic (exact) mass is 403 g/mol. The second-order valence-electron chi connectivity index (χ2n) is 5.87. The van der Waals surface area contributed by atoms with E-state index in [0.29, 0.717) is 16.3 Å². The van der Waals surface area contributed by atoms with Crippen molar-refractivity contribution in [3.8, 4) is 0 Å². The molecular weight excluding hydrogens is 391 g/mol. The smallest absolute Gasteiger partial charge is 0.338 e. The number of carbonyl (C=O) groups excluding carboxylic acids is 1. The van der Waals surface area contributed by atoms with E-state index in [9.17, 15) is 18.0 Å². The highest BCUT2D eigenvalue weighted by molar-refractivity contribution is 7.99. The number of aromatic nitrogens is 4. The molecule has 0 aliphatic rings. The fraction of sp³-hybridized carbons (Fsp3) is 0.111. The lowest BCUT2D eigenvalue weighted by molar-refractivity contribution is -0.137. The number of hydrogen-bond acceptors (Lipinski definition) is 5. The summed E-state index contributed by atoms with van der Waals surface area (Å²) in [6.07, 6.45) is -4.41. The Morgan fingerprint density at radius 3 is 2.57 bits per heavy atom. The second-order valence-corrected chi connectivity index (χ2v) is 6.82. The van der Waals surface area contributed by atoms with Crippen molar-refractivity contribution in [3.05, 3.63) is 54.1 Å². The Kier molecular flexibility index (Phi) is 4.63. The average Bonchev–Trinajstić information content (AvgIpc) is 3.04. The molecule has 6 nitrogen and oxygen atoms in total. The molecule has 0 spiro atoms. The quantitative estimate of drug-likeness (QED) is 0.498. The lowest BCUT2D eigenvalue weighted by Gasteiger charge is -2.08. The highest BCUT2D eigenvalue weighted by atomic mass is 32.2. The van der Waals surface area contributed by atoms with E-state index in [0.717, 1.165) is 34.8 Å². The van der Waals surface area contributed by atoms with Gasteiger partial charge < -0.3 is 10.3 Å². The Morgan fingerprint density at radius 1 is 1.07 bits per heavy atom. The summed E-state index contributed by atoms with van der Waals surface area (Å²) in [7, 11) is 0. The van der Waals surface area contributed by atoms with Crippen LogP contribution >= 0.6 is 11.8 Å². The van der Waals surface area contributed by atoms with Crippen molar-refractivity contribution in [2.24, 2.45) is 0 Å². The number of amides is 1. The molecule has 0 bridgehead atoms. The summed E-state index contributed by atoms with van der Waals surface area (Å²) >= 11 is 1.08. The minimum absolute atomic E-state index is 0.00552. The Hall–Kier alpha value is -3.14. The minimum Gasteiger partial charge on any atom is -0.338 e. The first-order valence-corrected chi connectivity index (χ1v) is 9.10. The van der Waals surface area contributed by atoms with E-state index in [1.54, 1.807) is 0 Å². The number of nitrogens with one attached hydrogen (secondary N) is 2. The topological polar surface area (TPSA) is 83.6 Å². The molecular formula is C18H12F3N5OS. The van der Waals surface area contributed by atoms with Gasteiger partial charge in [-0.25, -0.2) is 4.98 Å². The summed E-state index contributed by atoms with van der Waals surface area (Å²) in [4.78, 5) is 19.5. The number of hydrogen-bond donors (Lipinski definition) is 2. The number of carbonyl (C=O) groups is 1. The molecule has 0 unspecified atom stereocenters. The van der Waals surface area contributed by atoms with Crippen LogP contribution in [-0.4, -0.2) is 31.8 Å². The van der Waals surface area contributed by atoms with Crippen LogP contribution in [-0.2, 0) is 11.0 Å². The molecule has 28 heavy (non-hydrogen) atoms. The third-order valence-corrected chi connectivity index (χ3v) is 4.77. The van der Waals surface area contributed by atoms with Crippen LogP contribution in [0.4, 0.5) is 18.9 Å². The zero-order valence-electron chi connectivity index (χ0n) is 14.1. The van der Waals surface area contributed by atoms with Gasteiger partial charge in [0.15, 0.2) is 5.65 Å². The predicted octanol–water partition coefficient (Wildman–Crippen LogP) is 4.26. The zero-order chi connectivity index (χ0) is 19.7. The second kappa shape index (κ2) is 7.12. The summed E-state index contributed by atoms with van der Waals surface area (Å²) in [6.45, 7) is 0. The summed E-state index contributed by atoms with van der Waals surface area (Å²) in [5.41, 5.74) is 1.62. The number of para-hydroxylation sites is 1. The molecule has 1 amide bonds. The Bertz CT molecular complexity index is 1160. The van der Waals surface area contributed by atoms with Crippen molar-refractivity contribution in [3.63, 3.8) is 0 Å². The summed E-state index contributed by atoms with van der Waals surface area (Å²) < 4.78 is 37.7. The fourth-order valence-electron chi connectivity index (χ4n) is 2.64. The fourth-order valence-corrected chi connectivity index (χ4v) is 3.22. The highest BCUT2D eigenvalue weighted by Gasteiger charge is 2.29. The first-order valence-electron chi connectivity index (χ1n) is 8.11. The van der Waals surface area contributed by atoms with Gasteiger partial charge in [-0.15, -0.1) is 10.2 Å². The van der Waals surface area contributed by atoms with Crippen LogP contribution in [0.2, 0.25) is 0 Å². The Balaban J connectivity index is 1.41. The molecule has 0 saturated carbocycles. The van der Waals surface area contributed by atoms with Crippen molar-refractivity contribution in [2.75, 3.05) is 11.1 Å². The largest absolute Gasteiger partial charge is 0.416 e. The van der Waals surface area contributed by atoms with Crippen molar-refractivity contribution < 1.29 is 18.0 Å². The molecule has 0 fully saturated rings. The van der Waals surface area contributed by atoms with E-state index in [2.05, 4.69) is 25.5 Å². The molecule has 4 aromatic rings. The molecule has 0 saturated heterocycles. The van der Waals surface area contributed by atoms with Crippen LogP contribution in [0.5, 0.6) is 0 Å². The molecule has 0 atom stereocenters. The van der Waals surface area contributed by atoms with E-state index in [1.165, 1.54) is 12.1 Å². The molecule has 2 aromatic carbocycles. The lowest BCUT2D eigenvalue weighted by atomic mass is 10.2. The number of anilines is 1. The van der Waals surface area contributed by atoms with Gasteiger partial charge in [0, 0.05) is 16.6 Å². The molecule has 142 valence electrons. The van der Waals surface area contributed by atoms with Crippen LogP contribution in [0.25, 0.3) is 22.1 Å². The van der Waals surface area contributed by atoms with Gasteiger partial charge in [-0.05, 0) is 30.3 Å². The van der Waals surface area contributed by atoms with Gasteiger partial charge in [0.05, 0.1) is 11.3 Å². The zero-order valence-corrected chi connectivity index (χ0v) is 14.9.